The smallest absolute Gasteiger partial charge is 0.870 e. The molecule has 8 heavy (non-hydrogen) atoms. The van der Waals surface area contributed by atoms with Crippen molar-refractivity contribution >= 4 is 26.4 Å². The van der Waals surface area contributed by atoms with Crippen LogP contribution in [0.1, 0.15) is 0 Å². The summed E-state index contributed by atoms with van der Waals surface area (Å²) < 4.78 is 0. The third-order valence-corrected chi connectivity index (χ3v) is 0. The van der Waals surface area contributed by atoms with Gasteiger partial charge in [0, 0.05) is 0 Å². The quantitative estimate of drug-likeness (QED) is 0.353. The second-order valence-corrected chi connectivity index (χ2v) is 1.57. The SMILES string of the molecule is [Al+3].[Na+].[O-][Si]([O-])([O-])O.[OH-]. The van der Waals surface area contributed by atoms with Gasteiger partial charge in [-0.3, -0.25) is 0 Å². The molecule has 8 heteroatoms. The van der Waals surface area contributed by atoms with Gasteiger partial charge in [0.1, 0.15) is 0 Å². The summed E-state index contributed by atoms with van der Waals surface area (Å²) in [6, 6.07) is 0. The van der Waals surface area contributed by atoms with E-state index in [4.69, 9.17) is 19.2 Å². The second kappa shape index (κ2) is 8.55. The summed E-state index contributed by atoms with van der Waals surface area (Å²) >= 11 is 0. The second-order valence-electron chi connectivity index (χ2n) is 0.524. The van der Waals surface area contributed by atoms with Gasteiger partial charge in [-0.05, 0) is 0 Å². The van der Waals surface area contributed by atoms with Gasteiger partial charge in [0.2, 0.25) is 0 Å². The topological polar surface area (TPSA) is 119 Å². The van der Waals surface area contributed by atoms with Crippen LogP contribution in [0.3, 0.4) is 0 Å². The first-order chi connectivity index (χ1) is 2.00. The minimum atomic E-state index is -5.36. The largest absolute Gasteiger partial charge is 3.00 e. The third kappa shape index (κ3) is 135. The Hall–Kier alpha value is 1.55. The summed E-state index contributed by atoms with van der Waals surface area (Å²) in [6.45, 7) is 0. The Morgan fingerprint density at radius 3 is 1.12 bits per heavy atom. The molecule has 0 rings (SSSR count). The Morgan fingerprint density at radius 2 is 1.12 bits per heavy atom. The molecule has 0 aliphatic heterocycles. The van der Waals surface area contributed by atoms with Crippen LogP contribution in [-0.2, 0) is 0 Å². The van der Waals surface area contributed by atoms with Crippen LogP contribution in [0.25, 0.3) is 0 Å². The summed E-state index contributed by atoms with van der Waals surface area (Å²) in [7, 11) is -5.36. The van der Waals surface area contributed by atoms with Crippen molar-refractivity contribution in [3.05, 3.63) is 0 Å². The minimum absolute atomic E-state index is 0. The predicted octanol–water partition coefficient (Wildman–Crippen LogP) is -8.06. The van der Waals surface area contributed by atoms with Gasteiger partial charge in [0.25, 0.3) is 0 Å². The fraction of sp³-hybridized carbons (Fsp3) is 0. The van der Waals surface area contributed by atoms with Gasteiger partial charge in [0.05, 0.1) is 0 Å². The van der Waals surface area contributed by atoms with Crippen LogP contribution in [0.15, 0.2) is 0 Å². The molecule has 0 radical (unpaired) electrons. The van der Waals surface area contributed by atoms with Crippen molar-refractivity contribution in [2.45, 2.75) is 0 Å². The molecule has 0 saturated carbocycles. The minimum Gasteiger partial charge on any atom is -0.870 e. The van der Waals surface area contributed by atoms with Gasteiger partial charge >= 0.3 is 46.9 Å². The van der Waals surface area contributed by atoms with Crippen molar-refractivity contribution in [1.29, 1.82) is 0 Å². The van der Waals surface area contributed by atoms with Gasteiger partial charge in [0.15, 0.2) is 0 Å². The third-order valence-electron chi connectivity index (χ3n) is 0. The first kappa shape index (κ1) is 22.7. The standard InChI is InChI=1S/Al.Na.HO4Si.H2O/c;;1-5(2,3)4;/h;;1H;1H2/q+3;+1;-3;/p-1. The normalized spacial score (nSPS) is 7.50. The van der Waals surface area contributed by atoms with E-state index in [1.807, 2.05) is 0 Å². The molecule has 0 aliphatic rings. The van der Waals surface area contributed by atoms with Crippen molar-refractivity contribution in [1.82, 2.24) is 0 Å². The number of hydrogen-bond donors (Lipinski definition) is 1. The van der Waals surface area contributed by atoms with E-state index >= 15 is 0 Å². The van der Waals surface area contributed by atoms with Gasteiger partial charge in [-0.1, -0.05) is 0 Å². The molecule has 0 bridgehead atoms. The zero-order valence-corrected chi connectivity index (χ0v) is 8.35. The fourth-order valence-corrected chi connectivity index (χ4v) is 0. The van der Waals surface area contributed by atoms with E-state index in [0.29, 0.717) is 0 Å². The van der Waals surface area contributed by atoms with E-state index in [2.05, 4.69) is 0 Å². The molecular weight excluding hydrogens is 158 g/mol. The maximum Gasteiger partial charge on any atom is 3.00 e. The summed E-state index contributed by atoms with van der Waals surface area (Å²) in [5.74, 6) is 0. The molecule has 0 saturated heterocycles. The van der Waals surface area contributed by atoms with Gasteiger partial charge in [-0.2, -0.15) is 0 Å². The maximum atomic E-state index is 8.69. The molecule has 0 unspecified atom stereocenters. The Balaban J connectivity index is -0.0000000267. The number of hydrogen-bond acceptors (Lipinski definition) is 5. The van der Waals surface area contributed by atoms with E-state index in [1.54, 1.807) is 0 Å². The number of rotatable bonds is 0. The average molecular weight is 160 g/mol. The van der Waals surface area contributed by atoms with E-state index < -0.39 is 9.05 Å². The molecule has 0 aromatic carbocycles. The van der Waals surface area contributed by atoms with Crippen LogP contribution >= 0.6 is 0 Å². The monoisotopic (exact) mass is 160 g/mol. The molecule has 40 valence electrons. The van der Waals surface area contributed by atoms with Crippen molar-refractivity contribution in [2.75, 3.05) is 0 Å². The summed E-state index contributed by atoms with van der Waals surface area (Å²) in [4.78, 5) is 33.1. The van der Waals surface area contributed by atoms with Crippen molar-refractivity contribution in [3.63, 3.8) is 0 Å². The van der Waals surface area contributed by atoms with Gasteiger partial charge in [-0.25, -0.2) is 0 Å². The molecule has 0 aromatic heterocycles. The van der Waals surface area contributed by atoms with Crippen LogP contribution in [-0.4, -0.2) is 36.7 Å². The van der Waals surface area contributed by atoms with Crippen LogP contribution in [0.4, 0.5) is 0 Å². The zero-order valence-electron chi connectivity index (χ0n) is 4.20. The molecule has 5 nitrogen and oxygen atoms in total. The first-order valence-corrected chi connectivity index (χ1v) is 2.51. The van der Waals surface area contributed by atoms with Crippen molar-refractivity contribution < 1.29 is 54.2 Å². The Bertz CT molecular complexity index is 27.9. The molecule has 0 aromatic rings. The van der Waals surface area contributed by atoms with Crippen LogP contribution < -0.4 is 43.9 Å². The van der Waals surface area contributed by atoms with Crippen molar-refractivity contribution in [2.24, 2.45) is 0 Å². The van der Waals surface area contributed by atoms with E-state index in [9.17, 15) is 0 Å². The molecular formula is H2AlNaO5Si. The predicted molar refractivity (Wildman–Crippen MR) is 15.7 cm³/mol. The van der Waals surface area contributed by atoms with Gasteiger partial charge in [-0.15, -0.1) is 9.05 Å². The molecule has 0 atom stereocenters. The fourth-order valence-electron chi connectivity index (χ4n) is 0. The summed E-state index contributed by atoms with van der Waals surface area (Å²) in [6.07, 6.45) is 0. The molecule has 2 N–H and O–H groups in total. The van der Waals surface area contributed by atoms with Crippen molar-refractivity contribution in [3.8, 4) is 0 Å². The van der Waals surface area contributed by atoms with E-state index in [0.717, 1.165) is 0 Å². The Morgan fingerprint density at radius 1 is 1.12 bits per heavy atom. The first-order valence-electron chi connectivity index (χ1n) is 0.836. The van der Waals surface area contributed by atoms with Crippen LogP contribution in [0.2, 0.25) is 0 Å². The van der Waals surface area contributed by atoms with Crippen LogP contribution in [0, 0.1) is 0 Å². The van der Waals surface area contributed by atoms with E-state index in [-0.39, 0.29) is 52.4 Å². The molecule has 0 amide bonds. The Kier molecular flexibility index (Phi) is 24.2. The molecule has 0 heterocycles. The van der Waals surface area contributed by atoms with Crippen LogP contribution in [0.5, 0.6) is 0 Å². The average Bonchev–Trinajstić information content (AvgIpc) is 0.722. The molecule has 0 spiro atoms. The summed E-state index contributed by atoms with van der Waals surface area (Å²) in [5.41, 5.74) is 0. The van der Waals surface area contributed by atoms with E-state index in [1.165, 1.54) is 0 Å². The maximum absolute atomic E-state index is 8.69. The molecule has 0 fully saturated rings. The van der Waals surface area contributed by atoms with Gasteiger partial charge < -0.3 is 24.7 Å². The zero-order chi connectivity index (χ0) is 4.50. The Labute approximate surface area is 80.2 Å². The summed E-state index contributed by atoms with van der Waals surface area (Å²) in [5, 5.41) is 0. The molecule has 0 aliphatic carbocycles.